The van der Waals surface area contributed by atoms with Gasteiger partial charge in [-0.25, -0.2) is 0 Å². The summed E-state index contributed by atoms with van der Waals surface area (Å²) in [5.41, 5.74) is 0.0396. The summed E-state index contributed by atoms with van der Waals surface area (Å²) in [6.45, 7) is 7.34. The predicted molar refractivity (Wildman–Crippen MR) is 76.7 cm³/mol. The number of aromatic nitrogens is 2. The van der Waals surface area contributed by atoms with Crippen LogP contribution in [0.4, 0.5) is 5.82 Å². The Balaban J connectivity index is 1.87. The number of nitrogens with zero attached hydrogens (tertiary/aromatic N) is 2. The zero-order valence-corrected chi connectivity index (χ0v) is 12.3. The second-order valence-corrected chi connectivity index (χ2v) is 6.02. The summed E-state index contributed by atoms with van der Waals surface area (Å²) in [7, 11) is 0. The van der Waals surface area contributed by atoms with Crippen LogP contribution in [0.2, 0.25) is 0 Å². The van der Waals surface area contributed by atoms with Gasteiger partial charge in [-0.15, -0.1) is 10.2 Å². The Bertz CT molecular complexity index is 447. The molecule has 0 aromatic carbocycles. The Morgan fingerprint density at radius 2 is 2.20 bits per heavy atom. The van der Waals surface area contributed by atoms with Crippen LogP contribution in [-0.4, -0.2) is 40.9 Å². The number of hydrogen-bond donors (Lipinski definition) is 2. The minimum absolute atomic E-state index is 0.212. The molecule has 1 atom stereocenters. The molecule has 1 aromatic heterocycles. The van der Waals surface area contributed by atoms with Crippen LogP contribution in [0.1, 0.15) is 44.1 Å². The number of nitrogens with one attached hydrogen (secondary N) is 2. The fourth-order valence-corrected chi connectivity index (χ4v) is 1.98. The summed E-state index contributed by atoms with van der Waals surface area (Å²) < 4.78 is 5.52. The highest BCUT2D eigenvalue weighted by Crippen LogP contribution is 2.12. The van der Waals surface area contributed by atoms with E-state index in [4.69, 9.17) is 4.74 Å². The van der Waals surface area contributed by atoms with Gasteiger partial charge in [-0.3, -0.25) is 4.79 Å². The summed E-state index contributed by atoms with van der Waals surface area (Å²) in [6.07, 6.45) is 2.44. The Morgan fingerprint density at radius 1 is 1.40 bits per heavy atom. The van der Waals surface area contributed by atoms with E-state index in [2.05, 4.69) is 20.8 Å². The molecule has 110 valence electrons. The van der Waals surface area contributed by atoms with Crippen molar-refractivity contribution in [3.63, 3.8) is 0 Å². The number of anilines is 1. The van der Waals surface area contributed by atoms with Crippen LogP contribution in [0.5, 0.6) is 0 Å². The molecule has 6 nitrogen and oxygen atoms in total. The van der Waals surface area contributed by atoms with Crippen LogP contribution in [-0.2, 0) is 4.74 Å². The van der Waals surface area contributed by atoms with E-state index in [-0.39, 0.29) is 17.6 Å². The molecule has 1 fully saturated rings. The molecule has 1 saturated heterocycles. The number of hydrogen-bond acceptors (Lipinski definition) is 5. The highest BCUT2D eigenvalue weighted by atomic mass is 16.5. The van der Waals surface area contributed by atoms with Gasteiger partial charge >= 0.3 is 0 Å². The van der Waals surface area contributed by atoms with Crippen molar-refractivity contribution in [1.82, 2.24) is 15.5 Å². The normalized spacial score (nSPS) is 18.9. The number of rotatable bonds is 4. The van der Waals surface area contributed by atoms with Crippen LogP contribution < -0.4 is 10.6 Å². The molecule has 2 rings (SSSR count). The van der Waals surface area contributed by atoms with Gasteiger partial charge in [0, 0.05) is 18.7 Å². The molecule has 20 heavy (non-hydrogen) atoms. The van der Waals surface area contributed by atoms with Crippen LogP contribution in [0, 0.1) is 0 Å². The quantitative estimate of drug-likeness (QED) is 0.875. The molecule has 1 unspecified atom stereocenters. The van der Waals surface area contributed by atoms with Gasteiger partial charge in [0.15, 0.2) is 5.69 Å². The van der Waals surface area contributed by atoms with Gasteiger partial charge in [-0.1, -0.05) is 0 Å². The van der Waals surface area contributed by atoms with Crippen molar-refractivity contribution in [2.45, 2.75) is 45.3 Å². The Labute approximate surface area is 119 Å². The summed E-state index contributed by atoms with van der Waals surface area (Å²) in [5, 5.41) is 14.0. The Morgan fingerprint density at radius 3 is 2.75 bits per heavy atom. The maximum absolute atomic E-state index is 11.9. The first-order valence-electron chi connectivity index (χ1n) is 6.96. The van der Waals surface area contributed by atoms with Crippen LogP contribution in [0.25, 0.3) is 0 Å². The molecule has 0 bridgehead atoms. The van der Waals surface area contributed by atoms with Crippen molar-refractivity contribution in [3.8, 4) is 0 Å². The average Bonchev–Trinajstić information content (AvgIpc) is 2.88. The van der Waals surface area contributed by atoms with Gasteiger partial charge in [0.1, 0.15) is 5.82 Å². The van der Waals surface area contributed by atoms with E-state index in [1.807, 2.05) is 20.8 Å². The van der Waals surface area contributed by atoms with E-state index in [1.54, 1.807) is 12.1 Å². The van der Waals surface area contributed by atoms with Crippen molar-refractivity contribution >= 4 is 11.7 Å². The summed E-state index contributed by atoms with van der Waals surface area (Å²) in [4.78, 5) is 11.9. The van der Waals surface area contributed by atoms with E-state index in [9.17, 15) is 4.79 Å². The summed E-state index contributed by atoms with van der Waals surface area (Å²) in [5.74, 6) is 0.448. The molecule has 1 aliphatic heterocycles. The Kier molecular flexibility index (Phi) is 4.54. The van der Waals surface area contributed by atoms with E-state index >= 15 is 0 Å². The highest BCUT2D eigenvalue weighted by Gasteiger charge is 2.17. The molecule has 0 aliphatic carbocycles. The van der Waals surface area contributed by atoms with Gasteiger partial charge < -0.3 is 15.4 Å². The topological polar surface area (TPSA) is 76.1 Å². The van der Waals surface area contributed by atoms with Crippen molar-refractivity contribution in [1.29, 1.82) is 0 Å². The number of amides is 1. The Hall–Kier alpha value is -1.69. The minimum atomic E-state index is -0.282. The first-order chi connectivity index (χ1) is 9.44. The molecular weight excluding hydrogens is 256 g/mol. The number of carbonyl (C=O) groups excluding carboxylic acids is 1. The second kappa shape index (κ2) is 6.17. The molecule has 6 heteroatoms. The SMILES string of the molecule is CC(C)(C)NC(=O)c1ccc(NCC2CCCO2)nn1. The van der Waals surface area contributed by atoms with Crippen LogP contribution in [0.15, 0.2) is 12.1 Å². The van der Waals surface area contributed by atoms with Gasteiger partial charge in [0.25, 0.3) is 5.91 Å². The van der Waals surface area contributed by atoms with Gasteiger partial charge in [0.2, 0.25) is 0 Å². The largest absolute Gasteiger partial charge is 0.376 e. The molecular formula is C14H22N4O2. The van der Waals surface area contributed by atoms with Crippen molar-refractivity contribution < 1.29 is 9.53 Å². The van der Waals surface area contributed by atoms with E-state index in [1.165, 1.54) is 0 Å². The van der Waals surface area contributed by atoms with Crippen LogP contribution in [0.3, 0.4) is 0 Å². The molecule has 2 heterocycles. The lowest BCUT2D eigenvalue weighted by Crippen LogP contribution is -2.41. The van der Waals surface area contributed by atoms with Crippen molar-refractivity contribution in [3.05, 3.63) is 17.8 Å². The third-order valence-corrected chi connectivity index (χ3v) is 2.92. The lowest BCUT2D eigenvalue weighted by Gasteiger charge is -2.19. The molecule has 1 amide bonds. The van der Waals surface area contributed by atoms with Crippen molar-refractivity contribution in [2.75, 3.05) is 18.5 Å². The van der Waals surface area contributed by atoms with Gasteiger partial charge in [0.05, 0.1) is 6.10 Å². The lowest BCUT2D eigenvalue weighted by molar-refractivity contribution is 0.0913. The van der Waals surface area contributed by atoms with Gasteiger partial charge in [-0.05, 0) is 45.7 Å². The first kappa shape index (κ1) is 14.7. The molecule has 1 aliphatic rings. The molecule has 0 spiro atoms. The monoisotopic (exact) mass is 278 g/mol. The maximum atomic E-state index is 11.9. The lowest BCUT2D eigenvalue weighted by atomic mass is 10.1. The summed E-state index contributed by atoms with van der Waals surface area (Å²) >= 11 is 0. The fraction of sp³-hybridized carbons (Fsp3) is 0.643. The maximum Gasteiger partial charge on any atom is 0.272 e. The molecule has 1 aromatic rings. The highest BCUT2D eigenvalue weighted by molar-refractivity contribution is 5.92. The zero-order chi connectivity index (χ0) is 14.6. The fourth-order valence-electron chi connectivity index (χ4n) is 1.98. The molecule has 0 radical (unpaired) electrons. The van der Waals surface area contributed by atoms with E-state index < -0.39 is 0 Å². The molecule has 2 N–H and O–H groups in total. The van der Waals surface area contributed by atoms with E-state index in [0.29, 0.717) is 11.5 Å². The van der Waals surface area contributed by atoms with Crippen LogP contribution >= 0.6 is 0 Å². The molecule has 0 saturated carbocycles. The minimum Gasteiger partial charge on any atom is -0.376 e. The average molecular weight is 278 g/mol. The third-order valence-electron chi connectivity index (χ3n) is 2.92. The smallest absolute Gasteiger partial charge is 0.272 e. The third kappa shape index (κ3) is 4.45. The number of carbonyl (C=O) groups is 1. The van der Waals surface area contributed by atoms with E-state index in [0.717, 1.165) is 26.0 Å². The number of ether oxygens (including phenoxy) is 1. The first-order valence-corrected chi connectivity index (χ1v) is 6.96. The standard InChI is InChI=1S/C14H22N4O2/c1-14(2,3)16-13(19)11-6-7-12(18-17-11)15-9-10-5-4-8-20-10/h6-7,10H,4-5,8-9H2,1-3H3,(H,15,18)(H,16,19). The second-order valence-electron chi connectivity index (χ2n) is 6.02. The van der Waals surface area contributed by atoms with Gasteiger partial charge in [-0.2, -0.15) is 0 Å². The predicted octanol–water partition coefficient (Wildman–Crippen LogP) is 1.60. The zero-order valence-electron chi connectivity index (χ0n) is 12.3. The van der Waals surface area contributed by atoms with Crippen molar-refractivity contribution in [2.24, 2.45) is 0 Å². The summed E-state index contributed by atoms with van der Waals surface area (Å²) in [6, 6.07) is 3.44.